The van der Waals surface area contributed by atoms with Crippen LogP contribution in [0.3, 0.4) is 0 Å². The first-order valence-electron chi connectivity index (χ1n) is 11.0. The molecule has 2 aliphatic rings. The molecule has 2 amide bonds. The maximum Gasteiger partial charge on any atom is 0.263 e. The minimum Gasteiger partial charge on any atom is -0.341 e. The van der Waals surface area contributed by atoms with E-state index in [0.717, 1.165) is 18.4 Å². The molecule has 3 heterocycles. The van der Waals surface area contributed by atoms with Crippen LogP contribution in [0.1, 0.15) is 34.5 Å². The second-order valence-corrected chi connectivity index (χ2v) is 11.3. The van der Waals surface area contributed by atoms with Crippen LogP contribution in [0, 0.1) is 12.8 Å². The molecule has 2 aromatic rings. The van der Waals surface area contributed by atoms with Crippen molar-refractivity contribution in [1.82, 2.24) is 14.1 Å². The molecule has 1 aromatic carbocycles. The third-order valence-electron chi connectivity index (χ3n) is 6.22. The summed E-state index contributed by atoms with van der Waals surface area (Å²) in [5, 5.41) is 1.88. The molecule has 0 N–H and O–H groups in total. The molecule has 0 bridgehead atoms. The van der Waals surface area contributed by atoms with E-state index in [1.54, 1.807) is 34.1 Å². The van der Waals surface area contributed by atoms with Gasteiger partial charge in [0, 0.05) is 39.3 Å². The molecular weight excluding hydrogens is 446 g/mol. The minimum atomic E-state index is -3.58. The zero-order valence-electron chi connectivity index (χ0n) is 18.3. The van der Waals surface area contributed by atoms with E-state index in [1.165, 1.54) is 15.6 Å². The lowest BCUT2D eigenvalue weighted by Gasteiger charge is -2.34. The number of hydrogen-bond acceptors (Lipinski definition) is 5. The Balaban J connectivity index is 1.39. The van der Waals surface area contributed by atoms with Gasteiger partial charge >= 0.3 is 0 Å². The number of rotatable bonds is 4. The highest BCUT2D eigenvalue weighted by Gasteiger charge is 2.34. The van der Waals surface area contributed by atoms with Crippen LogP contribution in [0.5, 0.6) is 0 Å². The number of benzene rings is 1. The van der Waals surface area contributed by atoms with Gasteiger partial charge in [0.25, 0.3) is 5.91 Å². The van der Waals surface area contributed by atoms with Gasteiger partial charge in [0.2, 0.25) is 15.9 Å². The first-order valence-corrected chi connectivity index (χ1v) is 13.4. The normalized spacial score (nSPS) is 20.7. The fourth-order valence-electron chi connectivity index (χ4n) is 4.39. The van der Waals surface area contributed by atoms with Crippen molar-refractivity contribution >= 4 is 33.2 Å². The number of aryl methyl sites for hydroxylation is 1. The summed E-state index contributed by atoms with van der Waals surface area (Å²) in [6.07, 6.45) is 2.16. The standard InChI is InChI=1S/C23H29N3O4S2/c1-18-7-9-20(10-8-18)32(29,30)26-13-4-12-24(14-15-26)22(27)19-5-2-11-25(17-19)23(28)21-6-3-16-31-21/h3,6-10,16,19H,2,4-5,11-15,17H2,1H3. The van der Waals surface area contributed by atoms with Gasteiger partial charge in [-0.15, -0.1) is 11.3 Å². The number of likely N-dealkylation sites (tertiary alicyclic amines) is 1. The van der Waals surface area contributed by atoms with Crippen molar-refractivity contribution in [1.29, 1.82) is 0 Å². The number of carbonyl (C=O) groups is 2. The van der Waals surface area contributed by atoms with E-state index >= 15 is 0 Å². The summed E-state index contributed by atoms with van der Waals surface area (Å²) in [5.74, 6) is -0.208. The lowest BCUT2D eigenvalue weighted by molar-refractivity contribution is -0.136. The Morgan fingerprint density at radius 3 is 2.41 bits per heavy atom. The smallest absolute Gasteiger partial charge is 0.263 e. The second-order valence-electron chi connectivity index (χ2n) is 8.46. The number of thiophene rings is 1. The summed E-state index contributed by atoms with van der Waals surface area (Å²) < 4.78 is 27.6. The largest absolute Gasteiger partial charge is 0.341 e. The van der Waals surface area contributed by atoms with E-state index in [9.17, 15) is 18.0 Å². The van der Waals surface area contributed by atoms with Crippen LogP contribution in [0.25, 0.3) is 0 Å². The first kappa shape index (κ1) is 22.9. The van der Waals surface area contributed by atoms with E-state index in [-0.39, 0.29) is 29.2 Å². The third-order valence-corrected chi connectivity index (χ3v) is 8.99. The van der Waals surface area contributed by atoms with Gasteiger partial charge < -0.3 is 9.80 Å². The molecule has 172 valence electrons. The van der Waals surface area contributed by atoms with Gasteiger partial charge in [-0.05, 0) is 49.8 Å². The highest BCUT2D eigenvalue weighted by molar-refractivity contribution is 7.89. The Kier molecular flexibility index (Phi) is 6.97. The Bertz CT molecular complexity index is 1050. The van der Waals surface area contributed by atoms with Crippen molar-refractivity contribution in [3.8, 4) is 0 Å². The van der Waals surface area contributed by atoms with Crippen LogP contribution in [-0.4, -0.2) is 73.6 Å². The van der Waals surface area contributed by atoms with Gasteiger partial charge in [0.1, 0.15) is 0 Å². The summed E-state index contributed by atoms with van der Waals surface area (Å²) >= 11 is 1.42. The average molecular weight is 476 g/mol. The maximum atomic E-state index is 13.2. The van der Waals surface area contributed by atoms with Crippen LogP contribution in [0.15, 0.2) is 46.7 Å². The average Bonchev–Trinajstić information content (AvgIpc) is 3.22. The Morgan fingerprint density at radius 1 is 0.938 bits per heavy atom. The molecule has 1 atom stereocenters. The van der Waals surface area contributed by atoms with Crippen LogP contribution < -0.4 is 0 Å². The number of hydrogen-bond donors (Lipinski definition) is 0. The van der Waals surface area contributed by atoms with Crippen molar-refractivity contribution in [2.24, 2.45) is 5.92 Å². The fourth-order valence-corrected chi connectivity index (χ4v) is 6.55. The van der Waals surface area contributed by atoms with Gasteiger partial charge in [0.15, 0.2) is 0 Å². The first-order chi connectivity index (χ1) is 15.4. The Labute approximate surface area is 193 Å². The Hall–Kier alpha value is -2.23. The van der Waals surface area contributed by atoms with E-state index in [0.29, 0.717) is 44.0 Å². The van der Waals surface area contributed by atoms with Crippen molar-refractivity contribution in [3.05, 3.63) is 52.2 Å². The maximum absolute atomic E-state index is 13.2. The zero-order valence-corrected chi connectivity index (χ0v) is 19.9. The fraction of sp³-hybridized carbons (Fsp3) is 0.478. The molecular formula is C23H29N3O4S2. The van der Waals surface area contributed by atoms with Crippen LogP contribution >= 0.6 is 11.3 Å². The number of piperidine rings is 1. The number of nitrogens with zero attached hydrogens (tertiary/aromatic N) is 3. The molecule has 1 aromatic heterocycles. The zero-order chi connectivity index (χ0) is 22.7. The lowest BCUT2D eigenvalue weighted by Crippen LogP contribution is -2.47. The van der Waals surface area contributed by atoms with Gasteiger partial charge in [-0.1, -0.05) is 23.8 Å². The molecule has 0 spiro atoms. The van der Waals surface area contributed by atoms with Gasteiger partial charge in [-0.2, -0.15) is 4.31 Å². The number of sulfonamides is 1. The summed E-state index contributed by atoms with van der Waals surface area (Å²) in [6, 6.07) is 10.5. The van der Waals surface area contributed by atoms with Crippen molar-refractivity contribution in [3.63, 3.8) is 0 Å². The molecule has 2 saturated heterocycles. The van der Waals surface area contributed by atoms with Crippen molar-refractivity contribution in [2.45, 2.75) is 31.1 Å². The minimum absolute atomic E-state index is 0.0104. The number of amides is 2. The highest BCUT2D eigenvalue weighted by atomic mass is 32.2. The topological polar surface area (TPSA) is 78.0 Å². The summed E-state index contributed by atoms with van der Waals surface area (Å²) in [6.45, 7) is 4.61. The molecule has 2 fully saturated rings. The highest BCUT2D eigenvalue weighted by Crippen LogP contribution is 2.24. The van der Waals surface area contributed by atoms with Gasteiger partial charge in [0.05, 0.1) is 15.7 Å². The molecule has 9 heteroatoms. The lowest BCUT2D eigenvalue weighted by atomic mass is 9.96. The van der Waals surface area contributed by atoms with E-state index in [2.05, 4.69) is 0 Å². The summed E-state index contributed by atoms with van der Waals surface area (Å²) in [5.41, 5.74) is 1.01. The van der Waals surface area contributed by atoms with Crippen molar-refractivity contribution in [2.75, 3.05) is 39.3 Å². The van der Waals surface area contributed by atoms with Crippen molar-refractivity contribution < 1.29 is 18.0 Å². The van der Waals surface area contributed by atoms with Crippen LogP contribution in [0.2, 0.25) is 0 Å². The summed E-state index contributed by atoms with van der Waals surface area (Å²) in [7, 11) is -3.58. The molecule has 7 nitrogen and oxygen atoms in total. The van der Waals surface area contributed by atoms with E-state index in [1.807, 2.05) is 24.4 Å². The predicted octanol–water partition coefficient (Wildman–Crippen LogP) is 2.83. The van der Waals surface area contributed by atoms with E-state index in [4.69, 9.17) is 0 Å². The van der Waals surface area contributed by atoms with E-state index < -0.39 is 10.0 Å². The summed E-state index contributed by atoms with van der Waals surface area (Å²) in [4.78, 5) is 30.5. The molecule has 1 unspecified atom stereocenters. The molecule has 0 radical (unpaired) electrons. The van der Waals surface area contributed by atoms with Gasteiger partial charge in [-0.3, -0.25) is 9.59 Å². The predicted molar refractivity (Wildman–Crippen MR) is 124 cm³/mol. The quantitative estimate of drug-likeness (QED) is 0.681. The Morgan fingerprint density at radius 2 is 1.69 bits per heavy atom. The van der Waals surface area contributed by atoms with Crippen LogP contribution in [-0.2, 0) is 14.8 Å². The molecule has 32 heavy (non-hydrogen) atoms. The molecule has 0 saturated carbocycles. The molecule has 0 aliphatic carbocycles. The second kappa shape index (κ2) is 9.72. The third kappa shape index (κ3) is 4.89. The molecule has 2 aliphatic heterocycles. The molecule has 4 rings (SSSR count). The SMILES string of the molecule is Cc1ccc(S(=O)(=O)N2CCCN(C(=O)C3CCCN(C(=O)c4cccs4)C3)CC2)cc1. The monoisotopic (exact) mass is 475 g/mol. The number of carbonyl (C=O) groups excluding carboxylic acids is 2. The van der Waals surface area contributed by atoms with Crippen LogP contribution in [0.4, 0.5) is 0 Å². The van der Waals surface area contributed by atoms with Gasteiger partial charge in [-0.25, -0.2) is 8.42 Å².